The van der Waals surface area contributed by atoms with Gasteiger partial charge in [-0.05, 0) is 84.9 Å². The Bertz CT molecular complexity index is 532. The first-order valence-corrected chi connectivity index (χ1v) is 9.59. The second-order valence-corrected chi connectivity index (χ2v) is 10.6. The van der Waals surface area contributed by atoms with Crippen LogP contribution in [0.2, 0.25) is 0 Å². The smallest absolute Gasteiger partial charge is 0.0618 e. The van der Waals surface area contributed by atoms with Crippen LogP contribution in [0.1, 0.15) is 65.7 Å². The molecule has 0 saturated heterocycles. The van der Waals surface area contributed by atoms with Crippen molar-refractivity contribution in [1.82, 2.24) is 0 Å². The van der Waals surface area contributed by atoms with E-state index in [1.807, 2.05) is 0 Å². The minimum Gasteiger partial charge on any atom is -0.396 e. The molecular formula is C20H32O2. The zero-order valence-electron chi connectivity index (χ0n) is 14.4. The SMILES string of the molecule is C[C@@]1(CO)[C@H]2CC[C@]34C[C@@H]5[C@H](C[C@H]3[C@]2(C)CC[C@H]1O)[C@]5(C)C4. The van der Waals surface area contributed by atoms with Crippen molar-refractivity contribution in [2.45, 2.75) is 71.8 Å². The Hall–Kier alpha value is -0.0800. The minimum absolute atomic E-state index is 0.151. The van der Waals surface area contributed by atoms with Gasteiger partial charge in [0.2, 0.25) is 0 Å². The van der Waals surface area contributed by atoms with E-state index in [2.05, 4.69) is 20.8 Å². The molecule has 0 amide bonds. The average molecular weight is 304 g/mol. The Kier molecular flexibility index (Phi) is 2.45. The van der Waals surface area contributed by atoms with Gasteiger partial charge in [-0.1, -0.05) is 20.8 Å². The van der Waals surface area contributed by atoms with Gasteiger partial charge in [0.05, 0.1) is 12.7 Å². The third kappa shape index (κ3) is 1.30. The van der Waals surface area contributed by atoms with Crippen LogP contribution < -0.4 is 0 Å². The standard InChI is InChI=1S/C20H32O2/c1-17-6-5-16(22)19(3,11-21)14(17)4-7-20-9-13-12(8-15(17)20)18(13,2)10-20/h12-16,21-22H,4-11H2,1-3H3/t12-,13+,14-,15-,16+,17+,18-,19+,20+/m0/s1. The summed E-state index contributed by atoms with van der Waals surface area (Å²) in [6.45, 7) is 7.40. The van der Waals surface area contributed by atoms with Crippen LogP contribution in [0.25, 0.3) is 0 Å². The molecule has 6 fully saturated rings. The fourth-order valence-corrected chi connectivity index (χ4v) is 8.87. The topological polar surface area (TPSA) is 40.5 Å². The lowest BCUT2D eigenvalue weighted by Gasteiger charge is -2.66. The van der Waals surface area contributed by atoms with Crippen molar-refractivity contribution in [3.05, 3.63) is 0 Å². The van der Waals surface area contributed by atoms with Gasteiger partial charge in [-0.15, -0.1) is 0 Å². The van der Waals surface area contributed by atoms with Gasteiger partial charge in [0, 0.05) is 5.41 Å². The molecule has 2 N–H and O–H groups in total. The van der Waals surface area contributed by atoms with E-state index in [0.29, 0.717) is 22.2 Å². The van der Waals surface area contributed by atoms with E-state index in [1.54, 1.807) is 0 Å². The van der Waals surface area contributed by atoms with Gasteiger partial charge in [-0.3, -0.25) is 0 Å². The summed E-state index contributed by atoms with van der Waals surface area (Å²) in [7, 11) is 0. The molecule has 4 bridgehead atoms. The van der Waals surface area contributed by atoms with E-state index in [9.17, 15) is 10.2 Å². The highest BCUT2D eigenvalue weighted by atomic mass is 16.3. The number of hydrogen-bond donors (Lipinski definition) is 2. The second-order valence-electron chi connectivity index (χ2n) is 10.6. The lowest BCUT2D eigenvalue weighted by Crippen LogP contribution is -2.62. The quantitative estimate of drug-likeness (QED) is 0.777. The van der Waals surface area contributed by atoms with Crippen molar-refractivity contribution >= 4 is 0 Å². The molecule has 6 aliphatic carbocycles. The van der Waals surface area contributed by atoms with Gasteiger partial charge in [-0.2, -0.15) is 0 Å². The monoisotopic (exact) mass is 304 g/mol. The first-order valence-electron chi connectivity index (χ1n) is 9.59. The van der Waals surface area contributed by atoms with Gasteiger partial charge >= 0.3 is 0 Å². The summed E-state index contributed by atoms with van der Waals surface area (Å²) in [4.78, 5) is 0. The van der Waals surface area contributed by atoms with Gasteiger partial charge in [-0.25, -0.2) is 0 Å². The van der Waals surface area contributed by atoms with Gasteiger partial charge in [0.15, 0.2) is 0 Å². The minimum atomic E-state index is -0.312. The third-order valence-electron chi connectivity index (χ3n) is 10.0. The first-order chi connectivity index (χ1) is 10.3. The molecule has 6 saturated carbocycles. The fraction of sp³-hybridized carbons (Fsp3) is 1.00. The summed E-state index contributed by atoms with van der Waals surface area (Å²) < 4.78 is 0. The van der Waals surface area contributed by atoms with Crippen LogP contribution in [-0.4, -0.2) is 22.9 Å². The van der Waals surface area contributed by atoms with Crippen LogP contribution in [0, 0.1) is 45.3 Å². The van der Waals surface area contributed by atoms with Crippen LogP contribution >= 0.6 is 0 Å². The maximum absolute atomic E-state index is 10.6. The number of rotatable bonds is 1. The van der Waals surface area contributed by atoms with E-state index < -0.39 is 0 Å². The number of aliphatic hydroxyl groups excluding tert-OH is 2. The Balaban J connectivity index is 1.55. The molecule has 2 nitrogen and oxygen atoms in total. The summed E-state index contributed by atoms with van der Waals surface area (Å²) >= 11 is 0. The molecule has 0 aromatic rings. The van der Waals surface area contributed by atoms with E-state index >= 15 is 0 Å². The van der Waals surface area contributed by atoms with Gasteiger partial charge in [0.25, 0.3) is 0 Å². The van der Waals surface area contributed by atoms with Crippen molar-refractivity contribution in [2.24, 2.45) is 45.3 Å². The molecule has 124 valence electrons. The fourth-order valence-electron chi connectivity index (χ4n) is 8.87. The molecule has 1 spiro atoms. The molecule has 9 atom stereocenters. The van der Waals surface area contributed by atoms with Crippen molar-refractivity contribution < 1.29 is 10.2 Å². The molecule has 0 aromatic carbocycles. The number of hydrogen-bond acceptors (Lipinski definition) is 2. The van der Waals surface area contributed by atoms with Crippen LogP contribution in [0.5, 0.6) is 0 Å². The molecule has 0 aromatic heterocycles. The van der Waals surface area contributed by atoms with Crippen molar-refractivity contribution in [1.29, 1.82) is 0 Å². The average Bonchev–Trinajstić information content (AvgIpc) is 2.94. The lowest BCUT2D eigenvalue weighted by atomic mass is 9.39. The van der Waals surface area contributed by atoms with Crippen molar-refractivity contribution in [2.75, 3.05) is 6.61 Å². The highest BCUT2D eigenvalue weighted by molar-refractivity contribution is 5.27. The molecule has 0 heterocycles. The predicted molar refractivity (Wildman–Crippen MR) is 86.1 cm³/mol. The largest absolute Gasteiger partial charge is 0.396 e. The van der Waals surface area contributed by atoms with Crippen LogP contribution in [0.4, 0.5) is 0 Å². The molecular weight excluding hydrogens is 272 g/mol. The molecule has 2 heteroatoms. The Morgan fingerprint density at radius 2 is 1.73 bits per heavy atom. The maximum atomic E-state index is 10.6. The van der Waals surface area contributed by atoms with Crippen LogP contribution in [0.15, 0.2) is 0 Å². The number of aliphatic hydroxyl groups is 2. The zero-order valence-corrected chi connectivity index (χ0v) is 14.4. The van der Waals surface area contributed by atoms with Crippen LogP contribution in [-0.2, 0) is 0 Å². The van der Waals surface area contributed by atoms with E-state index in [0.717, 1.165) is 24.2 Å². The molecule has 22 heavy (non-hydrogen) atoms. The maximum Gasteiger partial charge on any atom is 0.0618 e. The van der Waals surface area contributed by atoms with E-state index in [4.69, 9.17) is 0 Å². The number of fused-ring (bicyclic) bond motifs is 1. The molecule has 0 radical (unpaired) electrons. The van der Waals surface area contributed by atoms with Gasteiger partial charge < -0.3 is 10.2 Å². The third-order valence-corrected chi connectivity index (χ3v) is 10.0. The van der Waals surface area contributed by atoms with E-state index in [1.165, 1.54) is 38.5 Å². The highest BCUT2D eigenvalue weighted by Gasteiger charge is 2.78. The normalized spacial score (nSPS) is 68.3. The second kappa shape index (κ2) is 3.77. The summed E-state index contributed by atoms with van der Waals surface area (Å²) in [5, 5.41) is 20.7. The molecule has 0 unspecified atom stereocenters. The highest BCUT2D eigenvalue weighted by Crippen LogP contribution is 2.85. The van der Waals surface area contributed by atoms with Gasteiger partial charge in [0.1, 0.15) is 0 Å². The lowest BCUT2D eigenvalue weighted by molar-refractivity contribution is -0.205. The summed E-state index contributed by atoms with van der Waals surface area (Å²) in [5.74, 6) is 3.41. The van der Waals surface area contributed by atoms with Crippen LogP contribution in [0.3, 0.4) is 0 Å². The summed E-state index contributed by atoms with van der Waals surface area (Å²) in [6, 6.07) is 0. The first kappa shape index (κ1) is 14.3. The predicted octanol–water partition coefficient (Wildman–Crippen LogP) is 3.61. The Morgan fingerprint density at radius 3 is 2.36 bits per heavy atom. The molecule has 6 aliphatic rings. The van der Waals surface area contributed by atoms with Crippen molar-refractivity contribution in [3.63, 3.8) is 0 Å². The molecule has 0 aliphatic heterocycles. The Morgan fingerprint density at radius 1 is 0.955 bits per heavy atom. The summed E-state index contributed by atoms with van der Waals surface area (Å²) in [5.41, 5.74) is 1.40. The zero-order chi connectivity index (χ0) is 15.5. The Labute approximate surface area is 134 Å². The molecule has 6 rings (SSSR count). The van der Waals surface area contributed by atoms with Crippen molar-refractivity contribution in [3.8, 4) is 0 Å². The summed E-state index contributed by atoms with van der Waals surface area (Å²) in [6.07, 6.45) is 8.78. The van der Waals surface area contributed by atoms with E-state index in [-0.39, 0.29) is 18.1 Å².